The molecule has 0 aliphatic rings. The van der Waals surface area contributed by atoms with Gasteiger partial charge in [0.2, 0.25) is 0 Å². The molecule has 6 heteroatoms. The third-order valence-corrected chi connectivity index (χ3v) is 3.50. The molecule has 1 aromatic carbocycles. The van der Waals surface area contributed by atoms with Gasteiger partial charge in [-0.05, 0) is 42.3 Å². The van der Waals surface area contributed by atoms with Crippen LogP contribution in [-0.2, 0) is 0 Å². The summed E-state index contributed by atoms with van der Waals surface area (Å²) in [6.07, 6.45) is 7.96. The van der Waals surface area contributed by atoms with Gasteiger partial charge in [0.05, 0.1) is 25.5 Å². The lowest BCUT2D eigenvalue weighted by atomic mass is 10.2. The maximum atomic E-state index is 11.9. The van der Waals surface area contributed by atoms with Gasteiger partial charge < -0.3 is 9.47 Å². The normalized spacial score (nSPS) is 10.6. The molecule has 1 amide bonds. The van der Waals surface area contributed by atoms with E-state index < -0.39 is 0 Å². The van der Waals surface area contributed by atoms with E-state index in [0.717, 1.165) is 24.8 Å². The number of pyridine rings is 1. The zero-order chi connectivity index (χ0) is 17.9. The molecule has 132 valence electrons. The molecule has 0 fully saturated rings. The second kappa shape index (κ2) is 10.1. The van der Waals surface area contributed by atoms with Gasteiger partial charge in [0.25, 0.3) is 5.91 Å². The maximum Gasteiger partial charge on any atom is 0.272 e. The Balaban J connectivity index is 1.94. The number of carbonyl (C=O) groups is 1. The van der Waals surface area contributed by atoms with Crippen molar-refractivity contribution in [1.82, 2.24) is 10.4 Å². The average molecular weight is 341 g/mol. The van der Waals surface area contributed by atoms with Crippen LogP contribution >= 0.6 is 0 Å². The zero-order valence-corrected chi connectivity index (χ0v) is 14.6. The number of unbranched alkanes of at least 4 members (excludes halogenated alkanes) is 2. The summed E-state index contributed by atoms with van der Waals surface area (Å²) in [7, 11) is 1.60. The fourth-order valence-corrected chi connectivity index (χ4v) is 2.14. The Kier molecular flexibility index (Phi) is 7.43. The molecule has 0 aliphatic carbocycles. The minimum Gasteiger partial charge on any atom is -0.493 e. The Morgan fingerprint density at radius 1 is 1.28 bits per heavy atom. The largest absolute Gasteiger partial charge is 0.493 e. The van der Waals surface area contributed by atoms with Crippen LogP contribution in [0.5, 0.6) is 11.5 Å². The van der Waals surface area contributed by atoms with Gasteiger partial charge in [0, 0.05) is 12.4 Å². The smallest absolute Gasteiger partial charge is 0.272 e. The highest BCUT2D eigenvalue weighted by molar-refractivity contribution is 5.94. The van der Waals surface area contributed by atoms with E-state index in [2.05, 4.69) is 22.4 Å². The molecule has 2 aromatic rings. The number of ether oxygens (including phenoxy) is 2. The quantitative estimate of drug-likeness (QED) is 0.431. The van der Waals surface area contributed by atoms with Crippen LogP contribution in [0.3, 0.4) is 0 Å². The Hall–Kier alpha value is -2.89. The molecule has 0 saturated heterocycles. The van der Waals surface area contributed by atoms with Crippen LogP contribution in [0.25, 0.3) is 0 Å². The lowest BCUT2D eigenvalue weighted by Crippen LogP contribution is -2.17. The van der Waals surface area contributed by atoms with E-state index in [4.69, 9.17) is 9.47 Å². The van der Waals surface area contributed by atoms with Crippen molar-refractivity contribution in [1.29, 1.82) is 0 Å². The van der Waals surface area contributed by atoms with Crippen molar-refractivity contribution in [3.05, 3.63) is 53.9 Å². The number of nitrogens with zero attached hydrogens (tertiary/aromatic N) is 2. The lowest BCUT2D eigenvalue weighted by Gasteiger charge is -2.11. The molecule has 0 spiro atoms. The molecule has 0 radical (unpaired) electrons. The first kappa shape index (κ1) is 18.4. The number of hydrogen-bond acceptors (Lipinski definition) is 5. The van der Waals surface area contributed by atoms with Gasteiger partial charge in [0.1, 0.15) is 0 Å². The maximum absolute atomic E-state index is 11.9. The number of hydrazone groups is 1. The van der Waals surface area contributed by atoms with Gasteiger partial charge in [-0.2, -0.15) is 5.10 Å². The molecule has 0 unspecified atom stereocenters. The van der Waals surface area contributed by atoms with Gasteiger partial charge in [-0.1, -0.05) is 19.8 Å². The minimum atomic E-state index is -0.313. The second-order valence-corrected chi connectivity index (χ2v) is 5.41. The Labute approximate surface area is 147 Å². The highest BCUT2D eigenvalue weighted by Gasteiger charge is 2.06. The average Bonchev–Trinajstić information content (AvgIpc) is 2.66. The van der Waals surface area contributed by atoms with Gasteiger partial charge in [-0.25, -0.2) is 5.43 Å². The van der Waals surface area contributed by atoms with Crippen molar-refractivity contribution >= 4 is 12.1 Å². The van der Waals surface area contributed by atoms with E-state index >= 15 is 0 Å². The fourth-order valence-electron chi connectivity index (χ4n) is 2.14. The number of aromatic nitrogens is 1. The Bertz CT molecular complexity index is 702. The standard InChI is InChI=1S/C19H23N3O3/c1-3-4-5-11-25-17-9-8-15(12-18(17)24-2)13-21-22-19(23)16-7-6-10-20-14-16/h6-10,12-14H,3-5,11H2,1-2H3,(H,22,23)/b21-13-. The first-order valence-electron chi connectivity index (χ1n) is 8.29. The van der Waals surface area contributed by atoms with E-state index in [1.807, 2.05) is 18.2 Å². The van der Waals surface area contributed by atoms with Crippen molar-refractivity contribution in [2.24, 2.45) is 5.10 Å². The molecule has 2 rings (SSSR count). The first-order valence-corrected chi connectivity index (χ1v) is 8.29. The van der Waals surface area contributed by atoms with Crippen molar-refractivity contribution in [2.75, 3.05) is 13.7 Å². The molecule has 1 heterocycles. The molecule has 0 saturated carbocycles. The van der Waals surface area contributed by atoms with E-state index in [1.165, 1.54) is 6.20 Å². The summed E-state index contributed by atoms with van der Waals surface area (Å²) < 4.78 is 11.1. The van der Waals surface area contributed by atoms with Gasteiger partial charge >= 0.3 is 0 Å². The summed E-state index contributed by atoms with van der Waals surface area (Å²) in [4.78, 5) is 15.8. The summed E-state index contributed by atoms with van der Waals surface area (Å²) in [6, 6.07) is 8.88. The molecule has 25 heavy (non-hydrogen) atoms. The number of rotatable bonds is 9. The van der Waals surface area contributed by atoms with Crippen molar-refractivity contribution < 1.29 is 14.3 Å². The van der Waals surface area contributed by atoms with Crippen LogP contribution in [0.4, 0.5) is 0 Å². The number of nitrogens with one attached hydrogen (secondary N) is 1. The monoisotopic (exact) mass is 341 g/mol. The third kappa shape index (κ3) is 5.91. The van der Waals surface area contributed by atoms with Crippen LogP contribution < -0.4 is 14.9 Å². The number of methoxy groups -OCH3 is 1. The highest BCUT2D eigenvalue weighted by Crippen LogP contribution is 2.27. The van der Waals surface area contributed by atoms with E-state index in [9.17, 15) is 4.79 Å². The molecule has 0 bridgehead atoms. The minimum absolute atomic E-state index is 0.313. The molecule has 0 aliphatic heterocycles. The second-order valence-electron chi connectivity index (χ2n) is 5.41. The Morgan fingerprint density at radius 3 is 2.88 bits per heavy atom. The SMILES string of the molecule is CCCCCOc1ccc(/C=N\NC(=O)c2cccnc2)cc1OC. The number of hydrogen-bond donors (Lipinski definition) is 1. The molecular weight excluding hydrogens is 318 g/mol. The van der Waals surface area contributed by atoms with Crippen molar-refractivity contribution in [3.8, 4) is 11.5 Å². The summed E-state index contributed by atoms with van der Waals surface area (Å²) in [5.41, 5.74) is 3.71. The van der Waals surface area contributed by atoms with Crippen LogP contribution in [0.2, 0.25) is 0 Å². The number of carbonyl (C=O) groups excluding carboxylic acids is 1. The molecule has 1 N–H and O–H groups in total. The van der Waals surface area contributed by atoms with Gasteiger partial charge in [-0.15, -0.1) is 0 Å². The van der Waals surface area contributed by atoms with E-state index in [1.54, 1.807) is 31.7 Å². The van der Waals surface area contributed by atoms with Crippen LogP contribution in [0.15, 0.2) is 47.8 Å². The Morgan fingerprint density at radius 2 is 2.16 bits per heavy atom. The number of benzene rings is 1. The topological polar surface area (TPSA) is 72.8 Å². The molecule has 6 nitrogen and oxygen atoms in total. The van der Waals surface area contributed by atoms with E-state index in [0.29, 0.717) is 23.7 Å². The van der Waals surface area contributed by atoms with Gasteiger partial charge in [-0.3, -0.25) is 9.78 Å². The molecular formula is C19H23N3O3. The molecule has 0 atom stereocenters. The summed E-state index contributed by atoms with van der Waals surface area (Å²) in [5.74, 6) is 1.03. The van der Waals surface area contributed by atoms with Gasteiger partial charge in [0.15, 0.2) is 11.5 Å². The molecule has 1 aromatic heterocycles. The summed E-state index contributed by atoms with van der Waals surface area (Å²) in [5, 5.41) is 3.96. The predicted octanol–water partition coefficient (Wildman–Crippen LogP) is 3.42. The lowest BCUT2D eigenvalue weighted by molar-refractivity contribution is 0.0955. The van der Waals surface area contributed by atoms with Crippen LogP contribution in [-0.4, -0.2) is 30.8 Å². The van der Waals surface area contributed by atoms with Crippen molar-refractivity contribution in [2.45, 2.75) is 26.2 Å². The zero-order valence-electron chi connectivity index (χ0n) is 14.6. The van der Waals surface area contributed by atoms with E-state index in [-0.39, 0.29) is 5.91 Å². The van der Waals surface area contributed by atoms with Crippen LogP contribution in [0.1, 0.15) is 42.1 Å². The highest BCUT2D eigenvalue weighted by atomic mass is 16.5. The van der Waals surface area contributed by atoms with Crippen molar-refractivity contribution in [3.63, 3.8) is 0 Å². The first-order chi connectivity index (χ1) is 12.2. The van der Waals surface area contributed by atoms with Crippen LogP contribution in [0, 0.1) is 0 Å². The third-order valence-electron chi connectivity index (χ3n) is 3.50. The predicted molar refractivity (Wildman–Crippen MR) is 97.3 cm³/mol. The number of amides is 1. The summed E-state index contributed by atoms with van der Waals surface area (Å²) in [6.45, 7) is 2.82. The fraction of sp³-hybridized carbons (Fsp3) is 0.316. The summed E-state index contributed by atoms with van der Waals surface area (Å²) >= 11 is 0.